The normalized spacial score (nSPS) is 16.4. The van der Waals surface area contributed by atoms with E-state index in [-0.39, 0.29) is 5.75 Å². The summed E-state index contributed by atoms with van der Waals surface area (Å²) in [5, 5.41) is 13.6. The van der Waals surface area contributed by atoms with Gasteiger partial charge in [0.2, 0.25) is 0 Å². The van der Waals surface area contributed by atoms with Gasteiger partial charge in [-0.3, -0.25) is 5.11 Å². The summed E-state index contributed by atoms with van der Waals surface area (Å²) in [4.78, 5) is 2.44. The highest BCUT2D eigenvalue weighted by Gasteiger charge is 2.13. The molecule has 0 amide bonds. The molecule has 1 radical (unpaired) electrons. The van der Waals surface area contributed by atoms with Crippen LogP contribution in [0.25, 0.3) is 10.8 Å². The number of fused-ring (bicyclic) bond motifs is 1. The summed E-state index contributed by atoms with van der Waals surface area (Å²) >= 11 is 0. The van der Waals surface area contributed by atoms with E-state index in [0.29, 0.717) is 0 Å². The first-order valence-electron chi connectivity index (χ1n) is 6.29. The van der Waals surface area contributed by atoms with Crippen LogP contribution in [0, 0.1) is 0 Å². The molecule has 2 nitrogen and oxygen atoms in total. The predicted molar refractivity (Wildman–Crippen MR) is 70.1 cm³/mol. The highest BCUT2D eigenvalue weighted by Crippen LogP contribution is 2.30. The Labute approximate surface area is 101 Å². The Kier molecular flexibility index (Phi) is 2.63. The molecule has 2 aromatic carbocycles. The second kappa shape index (κ2) is 4.28. The van der Waals surface area contributed by atoms with Crippen LogP contribution >= 0.6 is 0 Å². The average Bonchev–Trinajstić information content (AvgIpc) is 2.39. The lowest BCUT2D eigenvalue weighted by Gasteiger charge is -2.29. The third-order valence-electron chi connectivity index (χ3n) is 3.53. The second-order valence-corrected chi connectivity index (χ2v) is 4.71. The minimum atomic E-state index is 0.0910. The second-order valence-electron chi connectivity index (χ2n) is 4.71. The van der Waals surface area contributed by atoms with Crippen LogP contribution in [0.1, 0.15) is 19.3 Å². The maximum Gasteiger partial charge on any atom is 0.179 e. The van der Waals surface area contributed by atoms with Crippen LogP contribution in [0.15, 0.2) is 36.4 Å². The smallest absolute Gasteiger partial charge is 0.179 e. The predicted octanol–water partition coefficient (Wildman–Crippen LogP) is 3.97. The summed E-state index contributed by atoms with van der Waals surface area (Å²) < 4.78 is 0. The Hall–Kier alpha value is -1.70. The summed E-state index contributed by atoms with van der Waals surface area (Å²) in [7, 11) is 0. The number of hydrogen-bond acceptors (Lipinski definition) is 1. The van der Waals surface area contributed by atoms with Gasteiger partial charge in [-0.1, -0.05) is 12.1 Å². The molecule has 2 aromatic rings. The minimum Gasteiger partial charge on any atom is -0.371 e. The largest absolute Gasteiger partial charge is 0.371 e. The van der Waals surface area contributed by atoms with Crippen LogP contribution in [-0.4, -0.2) is 13.1 Å². The van der Waals surface area contributed by atoms with Crippen molar-refractivity contribution >= 4 is 16.5 Å². The number of hydrogen-bond donors (Lipinski definition) is 0. The molecular formula is C15H16NO. The van der Waals surface area contributed by atoms with E-state index in [1.165, 1.54) is 30.3 Å². The number of piperidine rings is 1. The highest BCUT2D eigenvalue weighted by molar-refractivity contribution is 5.95. The molecular weight excluding hydrogens is 210 g/mol. The van der Waals surface area contributed by atoms with E-state index < -0.39 is 0 Å². The van der Waals surface area contributed by atoms with Crippen molar-refractivity contribution in [2.75, 3.05) is 18.0 Å². The average molecular weight is 226 g/mol. The lowest BCUT2D eigenvalue weighted by molar-refractivity contribution is 0.355. The van der Waals surface area contributed by atoms with Crippen molar-refractivity contribution in [3.8, 4) is 5.75 Å². The Morgan fingerprint density at radius 2 is 1.76 bits per heavy atom. The van der Waals surface area contributed by atoms with Gasteiger partial charge in [0, 0.05) is 24.2 Å². The van der Waals surface area contributed by atoms with E-state index in [9.17, 15) is 5.11 Å². The van der Waals surface area contributed by atoms with Crippen LogP contribution in [0.4, 0.5) is 5.69 Å². The quantitative estimate of drug-likeness (QED) is 0.721. The van der Waals surface area contributed by atoms with Crippen molar-refractivity contribution in [3.63, 3.8) is 0 Å². The maximum atomic E-state index is 11.4. The number of benzene rings is 2. The molecule has 87 valence electrons. The molecule has 1 fully saturated rings. The summed E-state index contributed by atoms with van der Waals surface area (Å²) in [6.45, 7) is 2.27. The molecule has 2 heteroatoms. The van der Waals surface area contributed by atoms with E-state index >= 15 is 0 Å². The molecule has 1 aliphatic rings. The van der Waals surface area contributed by atoms with Gasteiger partial charge in [0.25, 0.3) is 0 Å². The van der Waals surface area contributed by atoms with Crippen molar-refractivity contribution in [1.82, 2.24) is 0 Å². The summed E-state index contributed by atoms with van der Waals surface area (Å²) in [5.41, 5.74) is 1.28. The lowest BCUT2D eigenvalue weighted by atomic mass is 10.0. The van der Waals surface area contributed by atoms with Crippen LogP contribution in [0.5, 0.6) is 5.75 Å². The van der Waals surface area contributed by atoms with Crippen LogP contribution < -0.4 is 4.90 Å². The topological polar surface area (TPSA) is 23.1 Å². The zero-order valence-corrected chi connectivity index (χ0v) is 9.86. The minimum absolute atomic E-state index is 0.0910. The third-order valence-corrected chi connectivity index (χ3v) is 3.53. The van der Waals surface area contributed by atoms with Gasteiger partial charge in [0.1, 0.15) is 0 Å². The molecule has 17 heavy (non-hydrogen) atoms. The van der Waals surface area contributed by atoms with Crippen LogP contribution in [0.3, 0.4) is 0 Å². The van der Waals surface area contributed by atoms with E-state index in [0.717, 1.165) is 18.5 Å². The van der Waals surface area contributed by atoms with Crippen LogP contribution in [-0.2, 0) is 5.11 Å². The Morgan fingerprint density at radius 1 is 0.941 bits per heavy atom. The number of rotatable bonds is 1. The van der Waals surface area contributed by atoms with Gasteiger partial charge in [-0.2, -0.15) is 0 Å². The Morgan fingerprint density at radius 3 is 2.59 bits per heavy atom. The first kappa shape index (κ1) is 10.5. The van der Waals surface area contributed by atoms with Crippen LogP contribution in [0.2, 0.25) is 0 Å². The standard InChI is InChI=1S/C15H16NO/c17-13-7-8-14-12(11-13)5-4-6-15(14)16-9-2-1-3-10-16/h4-8,11H,1-3,9-10H2. The van der Waals surface area contributed by atoms with E-state index in [2.05, 4.69) is 11.0 Å². The molecule has 0 unspecified atom stereocenters. The van der Waals surface area contributed by atoms with Gasteiger partial charge in [0.15, 0.2) is 5.75 Å². The van der Waals surface area contributed by atoms with Gasteiger partial charge < -0.3 is 4.90 Å². The van der Waals surface area contributed by atoms with Gasteiger partial charge >= 0.3 is 0 Å². The summed E-state index contributed by atoms with van der Waals surface area (Å²) in [5.74, 6) is 0.0910. The van der Waals surface area contributed by atoms with Crippen molar-refractivity contribution < 1.29 is 5.11 Å². The van der Waals surface area contributed by atoms with Gasteiger partial charge in [-0.15, -0.1) is 0 Å². The third kappa shape index (κ3) is 1.95. The van der Waals surface area contributed by atoms with Gasteiger partial charge in [-0.25, -0.2) is 0 Å². The zero-order chi connectivity index (χ0) is 11.7. The molecule has 0 saturated carbocycles. The van der Waals surface area contributed by atoms with Gasteiger partial charge in [0.05, 0.1) is 0 Å². The Balaban J connectivity index is 2.09. The summed E-state index contributed by atoms with van der Waals surface area (Å²) in [6.07, 6.45) is 3.89. The molecule has 0 aromatic heterocycles. The molecule has 1 heterocycles. The first-order valence-corrected chi connectivity index (χ1v) is 6.29. The molecule has 1 saturated heterocycles. The first-order chi connectivity index (χ1) is 8.34. The lowest BCUT2D eigenvalue weighted by Crippen LogP contribution is -2.29. The SMILES string of the molecule is [O]c1ccc2c(N3CCCCC3)cccc2c1. The fourth-order valence-electron chi connectivity index (χ4n) is 2.66. The number of nitrogens with zero attached hydrogens (tertiary/aromatic N) is 1. The van der Waals surface area contributed by atoms with Crippen molar-refractivity contribution in [2.24, 2.45) is 0 Å². The van der Waals surface area contributed by atoms with E-state index in [1.54, 1.807) is 12.1 Å². The van der Waals surface area contributed by atoms with Gasteiger partial charge in [-0.05, 0) is 48.9 Å². The maximum absolute atomic E-state index is 11.4. The zero-order valence-electron chi connectivity index (χ0n) is 9.86. The van der Waals surface area contributed by atoms with E-state index in [4.69, 9.17) is 0 Å². The molecule has 0 bridgehead atoms. The molecule has 0 aliphatic carbocycles. The van der Waals surface area contributed by atoms with Crippen molar-refractivity contribution in [1.29, 1.82) is 0 Å². The monoisotopic (exact) mass is 226 g/mol. The molecule has 0 spiro atoms. The molecule has 1 aliphatic heterocycles. The summed E-state index contributed by atoms with van der Waals surface area (Å²) in [6, 6.07) is 11.6. The fraction of sp³-hybridized carbons (Fsp3) is 0.333. The van der Waals surface area contributed by atoms with Crippen molar-refractivity contribution in [2.45, 2.75) is 19.3 Å². The fourth-order valence-corrected chi connectivity index (χ4v) is 2.66. The molecule has 0 N–H and O–H groups in total. The van der Waals surface area contributed by atoms with E-state index in [1.807, 2.05) is 18.2 Å². The highest BCUT2D eigenvalue weighted by atomic mass is 16.3. The Bertz CT molecular complexity index is 529. The van der Waals surface area contributed by atoms with Crippen molar-refractivity contribution in [3.05, 3.63) is 36.4 Å². The molecule has 3 rings (SSSR count). The number of anilines is 1. The molecule has 0 atom stereocenters.